The van der Waals surface area contributed by atoms with Crippen LogP contribution in [0.5, 0.6) is 0 Å². The first-order chi connectivity index (χ1) is 7.55. The third kappa shape index (κ3) is 7.29. The van der Waals surface area contributed by atoms with Crippen LogP contribution in [0.2, 0.25) is 0 Å². The highest BCUT2D eigenvalue weighted by Gasteiger charge is 2.16. The molecule has 0 heterocycles. The van der Waals surface area contributed by atoms with Crippen molar-refractivity contribution in [2.75, 3.05) is 27.2 Å². The van der Waals surface area contributed by atoms with E-state index in [9.17, 15) is 0 Å². The molecular weight excluding hydrogens is 202 g/mol. The Morgan fingerprint density at radius 1 is 1.38 bits per heavy atom. The van der Waals surface area contributed by atoms with E-state index >= 15 is 0 Å². The standard InChI is InChI=1S/C12H25N3O/c1-6-7-8-9-14-11(13-4)15-10-12(2,3)16-5/h6-7H,8-10H2,1-5H3,(H2,13,14,15)/b7-6+. The van der Waals surface area contributed by atoms with Crippen LogP contribution in [-0.2, 0) is 4.74 Å². The predicted octanol–water partition coefficient (Wildman–Crippen LogP) is 1.54. The van der Waals surface area contributed by atoms with Gasteiger partial charge in [0.15, 0.2) is 5.96 Å². The number of ether oxygens (including phenoxy) is 1. The molecule has 0 fully saturated rings. The van der Waals surface area contributed by atoms with Crippen LogP contribution in [0.15, 0.2) is 17.1 Å². The van der Waals surface area contributed by atoms with Gasteiger partial charge >= 0.3 is 0 Å². The largest absolute Gasteiger partial charge is 0.377 e. The molecule has 0 aromatic carbocycles. The fourth-order valence-electron chi connectivity index (χ4n) is 1.03. The average Bonchev–Trinajstić information content (AvgIpc) is 2.28. The summed E-state index contributed by atoms with van der Waals surface area (Å²) in [4.78, 5) is 4.14. The minimum absolute atomic E-state index is 0.180. The van der Waals surface area contributed by atoms with E-state index in [0.717, 1.165) is 25.5 Å². The van der Waals surface area contributed by atoms with E-state index in [1.165, 1.54) is 0 Å². The Balaban J connectivity index is 3.85. The summed E-state index contributed by atoms with van der Waals surface area (Å²) in [6.45, 7) is 7.71. The first-order valence-electron chi connectivity index (χ1n) is 5.66. The molecule has 0 rings (SSSR count). The van der Waals surface area contributed by atoms with Crippen LogP contribution in [0.3, 0.4) is 0 Å². The number of guanidine groups is 1. The Kier molecular flexibility index (Phi) is 7.64. The molecule has 2 N–H and O–H groups in total. The number of rotatable bonds is 6. The van der Waals surface area contributed by atoms with Crippen molar-refractivity contribution >= 4 is 5.96 Å². The van der Waals surface area contributed by atoms with E-state index in [0.29, 0.717) is 0 Å². The summed E-state index contributed by atoms with van der Waals surface area (Å²) in [7, 11) is 3.48. The lowest BCUT2D eigenvalue weighted by Crippen LogP contribution is -2.45. The zero-order chi connectivity index (χ0) is 12.4. The fraction of sp³-hybridized carbons (Fsp3) is 0.750. The summed E-state index contributed by atoms with van der Waals surface area (Å²) in [5.74, 6) is 0.814. The summed E-state index contributed by atoms with van der Waals surface area (Å²) in [5.41, 5.74) is -0.180. The second-order valence-corrected chi connectivity index (χ2v) is 4.17. The van der Waals surface area contributed by atoms with Crippen LogP contribution < -0.4 is 10.6 Å². The quantitative estimate of drug-likeness (QED) is 0.313. The van der Waals surface area contributed by atoms with Gasteiger partial charge in [0.25, 0.3) is 0 Å². The third-order valence-electron chi connectivity index (χ3n) is 2.30. The van der Waals surface area contributed by atoms with Gasteiger partial charge in [0.2, 0.25) is 0 Å². The number of nitrogens with zero attached hydrogens (tertiary/aromatic N) is 1. The number of aliphatic imine (C=N–C) groups is 1. The number of allylic oxidation sites excluding steroid dienone is 1. The molecule has 16 heavy (non-hydrogen) atoms. The summed E-state index contributed by atoms with van der Waals surface area (Å²) >= 11 is 0. The van der Waals surface area contributed by atoms with Crippen LogP contribution in [0, 0.1) is 0 Å². The molecule has 0 aliphatic carbocycles. The van der Waals surface area contributed by atoms with Crippen molar-refractivity contribution in [1.82, 2.24) is 10.6 Å². The average molecular weight is 227 g/mol. The predicted molar refractivity (Wildman–Crippen MR) is 69.9 cm³/mol. The highest BCUT2D eigenvalue weighted by atomic mass is 16.5. The lowest BCUT2D eigenvalue weighted by molar-refractivity contribution is 0.0268. The molecule has 4 heteroatoms. The van der Waals surface area contributed by atoms with Gasteiger partial charge < -0.3 is 15.4 Å². The molecule has 0 saturated carbocycles. The zero-order valence-electron chi connectivity index (χ0n) is 11.1. The van der Waals surface area contributed by atoms with E-state index < -0.39 is 0 Å². The molecule has 0 aliphatic heterocycles. The first kappa shape index (κ1) is 15.0. The van der Waals surface area contributed by atoms with Gasteiger partial charge in [0.1, 0.15) is 0 Å². The van der Waals surface area contributed by atoms with Gasteiger partial charge in [-0.05, 0) is 27.2 Å². The maximum absolute atomic E-state index is 5.32. The molecule has 0 unspecified atom stereocenters. The van der Waals surface area contributed by atoms with Crippen LogP contribution >= 0.6 is 0 Å². The first-order valence-corrected chi connectivity index (χ1v) is 5.66. The maximum Gasteiger partial charge on any atom is 0.191 e. The van der Waals surface area contributed by atoms with Crippen LogP contribution in [0.4, 0.5) is 0 Å². The molecule has 0 saturated heterocycles. The highest BCUT2D eigenvalue weighted by molar-refractivity contribution is 5.79. The van der Waals surface area contributed by atoms with Gasteiger partial charge in [-0.2, -0.15) is 0 Å². The van der Waals surface area contributed by atoms with Gasteiger partial charge in [0, 0.05) is 27.2 Å². The third-order valence-corrected chi connectivity index (χ3v) is 2.30. The normalized spacial score (nSPS) is 13.2. The van der Waals surface area contributed by atoms with Crippen LogP contribution in [0.25, 0.3) is 0 Å². The van der Waals surface area contributed by atoms with E-state index in [-0.39, 0.29) is 5.60 Å². The Hall–Kier alpha value is -1.03. The summed E-state index contributed by atoms with van der Waals surface area (Å²) in [5, 5.41) is 6.46. The Labute approximate surface area is 99.2 Å². The number of hydrogen-bond acceptors (Lipinski definition) is 2. The summed E-state index contributed by atoms with van der Waals surface area (Å²) in [6.07, 6.45) is 5.18. The monoisotopic (exact) mass is 227 g/mol. The van der Waals surface area contributed by atoms with Gasteiger partial charge in [-0.25, -0.2) is 0 Å². The number of nitrogens with one attached hydrogen (secondary N) is 2. The van der Waals surface area contributed by atoms with Crippen LogP contribution in [0.1, 0.15) is 27.2 Å². The Morgan fingerprint density at radius 3 is 2.56 bits per heavy atom. The van der Waals surface area contributed by atoms with E-state index in [4.69, 9.17) is 4.74 Å². The van der Waals surface area contributed by atoms with Crippen molar-refractivity contribution in [3.8, 4) is 0 Å². The molecule has 0 radical (unpaired) electrons. The van der Waals surface area contributed by atoms with E-state index in [1.54, 1.807) is 14.2 Å². The maximum atomic E-state index is 5.32. The topological polar surface area (TPSA) is 45.7 Å². The number of methoxy groups -OCH3 is 1. The van der Waals surface area contributed by atoms with Crippen molar-refractivity contribution in [1.29, 1.82) is 0 Å². The molecule has 0 aliphatic rings. The minimum atomic E-state index is -0.180. The molecule has 4 nitrogen and oxygen atoms in total. The van der Waals surface area contributed by atoms with Crippen molar-refractivity contribution in [2.24, 2.45) is 4.99 Å². The Morgan fingerprint density at radius 2 is 2.06 bits per heavy atom. The van der Waals surface area contributed by atoms with Crippen molar-refractivity contribution in [3.05, 3.63) is 12.2 Å². The molecular formula is C12H25N3O. The molecule has 0 amide bonds. The molecule has 94 valence electrons. The van der Waals surface area contributed by atoms with E-state index in [2.05, 4.69) is 21.7 Å². The van der Waals surface area contributed by atoms with E-state index in [1.807, 2.05) is 26.8 Å². The molecule has 0 spiro atoms. The Bertz CT molecular complexity index is 234. The lowest BCUT2D eigenvalue weighted by Gasteiger charge is -2.24. The fourth-order valence-corrected chi connectivity index (χ4v) is 1.03. The van der Waals surface area contributed by atoms with Gasteiger partial charge in [-0.15, -0.1) is 0 Å². The molecule has 0 aromatic heterocycles. The second-order valence-electron chi connectivity index (χ2n) is 4.17. The van der Waals surface area contributed by atoms with Gasteiger partial charge in [-0.3, -0.25) is 4.99 Å². The summed E-state index contributed by atoms with van der Waals surface area (Å²) < 4.78 is 5.32. The molecule has 0 bridgehead atoms. The molecule has 0 atom stereocenters. The number of hydrogen-bond donors (Lipinski definition) is 2. The SMILES string of the molecule is C/C=C/CCNC(=NC)NCC(C)(C)OC. The highest BCUT2D eigenvalue weighted by Crippen LogP contribution is 2.04. The van der Waals surface area contributed by atoms with Crippen LogP contribution in [-0.4, -0.2) is 38.8 Å². The van der Waals surface area contributed by atoms with Crippen molar-refractivity contribution in [2.45, 2.75) is 32.8 Å². The summed E-state index contributed by atoms with van der Waals surface area (Å²) in [6, 6.07) is 0. The lowest BCUT2D eigenvalue weighted by atomic mass is 10.1. The van der Waals surface area contributed by atoms with Gasteiger partial charge in [-0.1, -0.05) is 12.2 Å². The minimum Gasteiger partial charge on any atom is -0.377 e. The zero-order valence-corrected chi connectivity index (χ0v) is 11.1. The van der Waals surface area contributed by atoms with Crippen molar-refractivity contribution < 1.29 is 4.74 Å². The smallest absolute Gasteiger partial charge is 0.191 e. The van der Waals surface area contributed by atoms with Crippen molar-refractivity contribution in [3.63, 3.8) is 0 Å². The second kappa shape index (κ2) is 8.16. The molecule has 0 aromatic rings. The van der Waals surface area contributed by atoms with Gasteiger partial charge in [0.05, 0.1) is 5.60 Å².